The number of anilines is 1. The second-order valence-electron chi connectivity index (χ2n) is 11.6. The quantitative estimate of drug-likeness (QED) is 0.559. The lowest BCUT2D eigenvalue weighted by atomic mass is 9.88. The number of likely N-dealkylation sites (N-methyl/N-ethyl adjacent to an activating group) is 1. The molecule has 2 aliphatic rings. The lowest BCUT2D eigenvalue weighted by Crippen LogP contribution is -2.47. The summed E-state index contributed by atoms with van der Waals surface area (Å²) in [6.07, 6.45) is 7.81. The summed E-state index contributed by atoms with van der Waals surface area (Å²) in [5.74, 6) is 0.389. The molecule has 1 aliphatic heterocycles. The van der Waals surface area contributed by atoms with Crippen LogP contribution in [0.2, 0.25) is 0 Å². The molecule has 0 radical (unpaired) electrons. The van der Waals surface area contributed by atoms with E-state index in [4.69, 9.17) is 9.47 Å². The third-order valence-corrected chi connectivity index (χ3v) is 7.84. The van der Waals surface area contributed by atoms with Gasteiger partial charge in [-0.2, -0.15) is 0 Å². The Bertz CT molecular complexity index is 902. The van der Waals surface area contributed by atoms with E-state index in [1.165, 1.54) is 6.42 Å². The molecule has 38 heavy (non-hydrogen) atoms. The number of amides is 2. The fraction of sp³-hybridized carbons (Fsp3) is 0.733. The number of nitrogens with one attached hydrogen (secondary N) is 1. The van der Waals surface area contributed by atoms with Crippen molar-refractivity contribution >= 4 is 17.5 Å². The minimum absolute atomic E-state index is 0.0183. The normalized spacial score (nSPS) is 25.3. The van der Waals surface area contributed by atoms with Gasteiger partial charge in [-0.1, -0.05) is 26.2 Å². The van der Waals surface area contributed by atoms with Crippen molar-refractivity contribution in [2.24, 2.45) is 11.8 Å². The first kappa shape index (κ1) is 30.4. The van der Waals surface area contributed by atoms with E-state index in [2.05, 4.69) is 17.1 Å². The van der Waals surface area contributed by atoms with Gasteiger partial charge in [0.25, 0.3) is 5.91 Å². The van der Waals surface area contributed by atoms with Gasteiger partial charge in [-0.05, 0) is 78.2 Å². The zero-order chi connectivity index (χ0) is 27.7. The van der Waals surface area contributed by atoms with Crippen molar-refractivity contribution in [3.63, 3.8) is 0 Å². The maximum Gasteiger partial charge on any atom is 0.258 e. The molecule has 0 unspecified atom stereocenters. The van der Waals surface area contributed by atoms with Gasteiger partial charge < -0.3 is 29.7 Å². The molecule has 1 heterocycles. The van der Waals surface area contributed by atoms with E-state index in [0.717, 1.165) is 51.5 Å². The molecule has 8 nitrogen and oxygen atoms in total. The van der Waals surface area contributed by atoms with Crippen LogP contribution >= 0.6 is 0 Å². The molecule has 8 heteroatoms. The molecule has 4 atom stereocenters. The summed E-state index contributed by atoms with van der Waals surface area (Å²) in [5, 5.41) is 13.1. The highest BCUT2D eigenvalue weighted by molar-refractivity contribution is 6.00. The molecule has 1 aliphatic carbocycles. The van der Waals surface area contributed by atoms with Crippen LogP contribution in [0.4, 0.5) is 5.69 Å². The first-order valence-electron chi connectivity index (χ1n) is 14.5. The smallest absolute Gasteiger partial charge is 0.258 e. The Kier molecular flexibility index (Phi) is 11.9. The highest BCUT2D eigenvalue weighted by Crippen LogP contribution is 2.30. The molecular weight excluding hydrogens is 482 g/mol. The number of benzene rings is 1. The van der Waals surface area contributed by atoms with Crippen LogP contribution in [0.3, 0.4) is 0 Å². The average molecular weight is 532 g/mol. The van der Waals surface area contributed by atoms with Gasteiger partial charge in [-0.25, -0.2) is 0 Å². The second kappa shape index (κ2) is 14.8. The van der Waals surface area contributed by atoms with Crippen molar-refractivity contribution in [2.45, 2.75) is 90.4 Å². The predicted octanol–water partition coefficient (Wildman–Crippen LogP) is 4.56. The van der Waals surface area contributed by atoms with Crippen molar-refractivity contribution in [1.82, 2.24) is 9.80 Å². The molecule has 214 valence electrons. The summed E-state index contributed by atoms with van der Waals surface area (Å²) in [6, 6.07) is 4.98. The minimum Gasteiger partial charge on any atom is -0.490 e. The zero-order valence-electron chi connectivity index (χ0n) is 24.1. The molecular formula is C30H49N3O5. The van der Waals surface area contributed by atoms with Gasteiger partial charge in [0.05, 0.1) is 30.4 Å². The van der Waals surface area contributed by atoms with E-state index in [-0.39, 0.29) is 48.5 Å². The zero-order valence-corrected chi connectivity index (χ0v) is 24.1. The molecule has 2 N–H and O–H groups in total. The fourth-order valence-electron chi connectivity index (χ4n) is 5.43. The van der Waals surface area contributed by atoms with Crippen LogP contribution in [0.25, 0.3) is 0 Å². The summed E-state index contributed by atoms with van der Waals surface area (Å²) >= 11 is 0. The molecule has 0 saturated heterocycles. The molecule has 1 fully saturated rings. The van der Waals surface area contributed by atoms with E-state index >= 15 is 0 Å². The Balaban J connectivity index is 1.94. The predicted molar refractivity (Wildman–Crippen MR) is 151 cm³/mol. The van der Waals surface area contributed by atoms with Crippen LogP contribution in [-0.4, -0.2) is 85.4 Å². The highest BCUT2D eigenvalue weighted by atomic mass is 16.5. The van der Waals surface area contributed by atoms with Gasteiger partial charge in [0, 0.05) is 37.2 Å². The maximum atomic E-state index is 14.1. The van der Waals surface area contributed by atoms with Crippen molar-refractivity contribution in [2.75, 3.05) is 45.7 Å². The Morgan fingerprint density at radius 3 is 2.53 bits per heavy atom. The highest BCUT2D eigenvalue weighted by Gasteiger charge is 2.30. The Labute approximate surface area is 229 Å². The number of carbonyl (C=O) groups is 2. The number of fused-ring (bicyclic) bond motifs is 1. The Morgan fingerprint density at radius 1 is 1.13 bits per heavy atom. The summed E-state index contributed by atoms with van der Waals surface area (Å²) in [4.78, 5) is 30.9. The minimum atomic E-state index is -0.386. The number of aliphatic hydroxyl groups excluding tert-OH is 1. The van der Waals surface area contributed by atoms with E-state index in [1.807, 2.05) is 34.0 Å². The lowest BCUT2D eigenvalue weighted by Gasteiger charge is -2.35. The van der Waals surface area contributed by atoms with E-state index in [1.54, 1.807) is 17.0 Å². The lowest BCUT2D eigenvalue weighted by molar-refractivity contribution is -0.120. The van der Waals surface area contributed by atoms with Gasteiger partial charge in [-0.3, -0.25) is 9.59 Å². The van der Waals surface area contributed by atoms with Crippen molar-refractivity contribution < 1.29 is 24.2 Å². The Morgan fingerprint density at radius 2 is 1.84 bits per heavy atom. The Hall–Kier alpha value is -2.16. The third-order valence-electron chi connectivity index (χ3n) is 7.84. The second-order valence-corrected chi connectivity index (χ2v) is 11.6. The number of ether oxygens (including phenoxy) is 2. The number of hydrogen-bond acceptors (Lipinski definition) is 6. The molecule has 0 bridgehead atoms. The number of rotatable bonds is 6. The van der Waals surface area contributed by atoms with E-state index < -0.39 is 0 Å². The fourth-order valence-corrected chi connectivity index (χ4v) is 5.43. The molecule has 1 aromatic carbocycles. The number of carbonyl (C=O) groups excluding carboxylic acids is 2. The molecule has 2 amide bonds. The topological polar surface area (TPSA) is 91.3 Å². The van der Waals surface area contributed by atoms with Gasteiger partial charge in [0.15, 0.2) is 0 Å². The monoisotopic (exact) mass is 531 g/mol. The molecule has 1 aromatic rings. The van der Waals surface area contributed by atoms with E-state index in [9.17, 15) is 14.7 Å². The standard InChI is InChI=1S/C30H49N3O5/c1-21-18-33(22(2)20-34)30(36)26-17-25(31-29(35)24-12-7-6-8-13-24)14-15-27(26)38-23(3)11-9-10-16-37-28(21)19-32(4)5/h14-15,17,21-24,28,34H,6-13,16,18-20H2,1-5H3,(H,31,35)/t21-,22+,23-,28+/m1/s1. The van der Waals surface area contributed by atoms with Crippen LogP contribution in [0.5, 0.6) is 5.75 Å². The van der Waals surface area contributed by atoms with Gasteiger partial charge >= 0.3 is 0 Å². The first-order valence-corrected chi connectivity index (χ1v) is 14.5. The number of nitrogens with zero attached hydrogens (tertiary/aromatic N) is 2. The van der Waals surface area contributed by atoms with Gasteiger partial charge in [0.2, 0.25) is 5.91 Å². The molecule has 3 rings (SSSR count). The van der Waals surface area contributed by atoms with Crippen LogP contribution in [0.15, 0.2) is 18.2 Å². The summed E-state index contributed by atoms with van der Waals surface area (Å²) < 4.78 is 12.6. The summed E-state index contributed by atoms with van der Waals surface area (Å²) in [7, 11) is 4.05. The summed E-state index contributed by atoms with van der Waals surface area (Å²) in [6.45, 7) is 7.68. The SMILES string of the molecule is C[C@@H]1CCCCO[C@@H](CN(C)C)[C@H](C)CN([C@@H](C)CO)C(=O)c2cc(NC(=O)C3CCCCC3)ccc2O1. The number of aliphatic hydroxyl groups is 1. The van der Waals surface area contributed by atoms with Crippen molar-refractivity contribution in [3.8, 4) is 5.75 Å². The molecule has 0 spiro atoms. The molecule has 0 aromatic heterocycles. The van der Waals surface area contributed by atoms with Crippen LogP contribution in [0, 0.1) is 11.8 Å². The van der Waals surface area contributed by atoms with Crippen molar-refractivity contribution in [1.29, 1.82) is 0 Å². The molecule has 1 saturated carbocycles. The van der Waals surface area contributed by atoms with E-state index in [0.29, 0.717) is 30.2 Å². The summed E-state index contributed by atoms with van der Waals surface area (Å²) in [5.41, 5.74) is 1.01. The maximum absolute atomic E-state index is 14.1. The van der Waals surface area contributed by atoms with Crippen LogP contribution in [-0.2, 0) is 9.53 Å². The first-order chi connectivity index (χ1) is 18.2. The van der Waals surface area contributed by atoms with Crippen LogP contribution in [0.1, 0.15) is 82.5 Å². The number of hydrogen-bond donors (Lipinski definition) is 2. The average Bonchev–Trinajstić information content (AvgIpc) is 2.90. The van der Waals surface area contributed by atoms with Gasteiger partial charge in [0.1, 0.15) is 5.75 Å². The third kappa shape index (κ3) is 8.68. The largest absolute Gasteiger partial charge is 0.490 e. The van der Waals surface area contributed by atoms with Gasteiger partial charge in [-0.15, -0.1) is 0 Å². The van der Waals surface area contributed by atoms with Crippen molar-refractivity contribution in [3.05, 3.63) is 23.8 Å². The van der Waals surface area contributed by atoms with Crippen LogP contribution < -0.4 is 10.1 Å².